The third-order valence-electron chi connectivity index (χ3n) is 5.06. The number of rotatable bonds is 5. The molecule has 1 amide bonds. The standard InChI is InChI=1S/C19H21N3OS/c23-17(12-16-13-22-10-11-24-18(22)21-16)20-14-19(8-4-5-9-19)15-6-2-1-3-7-15/h1-3,6-7,10-11,13H,4-5,8-9,12,14H2,(H,20,23). The molecule has 0 saturated heterocycles. The van der Waals surface area contributed by atoms with E-state index in [1.54, 1.807) is 11.3 Å². The molecule has 1 fully saturated rings. The summed E-state index contributed by atoms with van der Waals surface area (Å²) in [5, 5.41) is 5.16. The highest BCUT2D eigenvalue weighted by Gasteiger charge is 2.35. The fourth-order valence-electron chi connectivity index (χ4n) is 3.77. The van der Waals surface area contributed by atoms with E-state index in [0.29, 0.717) is 6.42 Å². The molecule has 5 heteroatoms. The van der Waals surface area contributed by atoms with E-state index >= 15 is 0 Å². The summed E-state index contributed by atoms with van der Waals surface area (Å²) in [6.45, 7) is 0.720. The lowest BCUT2D eigenvalue weighted by Gasteiger charge is -2.30. The number of amides is 1. The number of nitrogens with zero attached hydrogens (tertiary/aromatic N) is 2. The van der Waals surface area contributed by atoms with Gasteiger partial charge in [-0.3, -0.25) is 9.20 Å². The van der Waals surface area contributed by atoms with Crippen molar-refractivity contribution in [2.75, 3.05) is 6.54 Å². The van der Waals surface area contributed by atoms with Gasteiger partial charge in [-0.15, -0.1) is 11.3 Å². The third kappa shape index (κ3) is 2.96. The van der Waals surface area contributed by atoms with Crippen molar-refractivity contribution in [3.63, 3.8) is 0 Å². The van der Waals surface area contributed by atoms with Crippen LogP contribution in [0.2, 0.25) is 0 Å². The fraction of sp³-hybridized carbons (Fsp3) is 0.368. The number of aromatic nitrogens is 2. The highest BCUT2D eigenvalue weighted by atomic mass is 32.1. The van der Waals surface area contributed by atoms with Crippen LogP contribution in [0.3, 0.4) is 0 Å². The molecule has 1 aliphatic carbocycles. The molecule has 2 heterocycles. The topological polar surface area (TPSA) is 46.4 Å². The highest BCUT2D eigenvalue weighted by molar-refractivity contribution is 7.15. The molecule has 1 aromatic carbocycles. The van der Waals surface area contributed by atoms with Crippen LogP contribution < -0.4 is 5.32 Å². The van der Waals surface area contributed by atoms with Crippen LogP contribution in [0.15, 0.2) is 48.1 Å². The Bertz CT molecular complexity index is 802. The quantitative estimate of drug-likeness (QED) is 0.772. The number of imidazole rings is 1. The summed E-state index contributed by atoms with van der Waals surface area (Å²) < 4.78 is 1.97. The molecule has 24 heavy (non-hydrogen) atoms. The second-order valence-electron chi connectivity index (χ2n) is 6.63. The minimum atomic E-state index is 0.0583. The van der Waals surface area contributed by atoms with Crippen molar-refractivity contribution in [3.05, 3.63) is 59.4 Å². The first-order valence-corrected chi connectivity index (χ1v) is 9.36. The fourth-order valence-corrected chi connectivity index (χ4v) is 4.49. The molecule has 2 aromatic heterocycles. The van der Waals surface area contributed by atoms with E-state index in [1.165, 1.54) is 18.4 Å². The zero-order valence-corrected chi connectivity index (χ0v) is 14.4. The molecule has 0 radical (unpaired) electrons. The normalized spacial score (nSPS) is 16.5. The summed E-state index contributed by atoms with van der Waals surface area (Å²) in [6.07, 6.45) is 9.03. The van der Waals surface area contributed by atoms with Gasteiger partial charge < -0.3 is 5.32 Å². The van der Waals surface area contributed by atoms with Gasteiger partial charge in [0.2, 0.25) is 5.91 Å². The summed E-state index contributed by atoms with van der Waals surface area (Å²) in [7, 11) is 0. The van der Waals surface area contributed by atoms with E-state index in [2.05, 4.69) is 40.6 Å². The Labute approximate surface area is 145 Å². The van der Waals surface area contributed by atoms with Gasteiger partial charge in [-0.2, -0.15) is 0 Å². The maximum absolute atomic E-state index is 12.4. The lowest BCUT2D eigenvalue weighted by molar-refractivity contribution is -0.120. The summed E-state index contributed by atoms with van der Waals surface area (Å²) in [5.74, 6) is 0.0583. The molecule has 0 bridgehead atoms. The van der Waals surface area contributed by atoms with Gasteiger partial charge in [0.25, 0.3) is 0 Å². The summed E-state index contributed by atoms with van der Waals surface area (Å²) in [5.41, 5.74) is 2.29. The maximum Gasteiger partial charge on any atom is 0.226 e. The summed E-state index contributed by atoms with van der Waals surface area (Å²) in [4.78, 5) is 17.8. The second kappa shape index (κ2) is 6.40. The molecular formula is C19H21N3OS. The average Bonchev–Trinajstić information content (AvgIpc) is 3.30. The van der Waals surface area contributed by atoms with E-state index in [1.807, 2.05) is 22.2 Å². The Balaban J connectivity index is 1.42. The van der Waals surface area contributed by atoms with Gasteiger partial charge in [0, 0.05) is 29.7 Å². The van der Waals surface area contributed by atoms with Crippen molar-refractivity contribution in [2.45, 2.75) is 37.5 Å². The number of fused-ring (bicyclic) bond motifs is 1. The highest BCUT2D eigenvalue weighted by Crippen LogP contribution is 2.40. The van der Waals surface area contributed by atoms with Crippen LogP contribution in [0.5, 0.6) is 0 Å². The van der Waals surface area contributed by atoms with E-state index < -0.39 is 0 Å². The molecule has 0 unspecified atom stereocenters. The number of nitrogens with one attached hydrogen (secondary N) is 1. The Morgan fingerprint density at radius 3 is 2.79 bits per heavy atom. The van der Waals surface area contributed by atoms with Crippen molar-refractivity contribution in [1.29, 1.82) is 0 Å². The van der Waals surface area contributed by atoms with Crippen LogP contribution in [-0.4, -0.2) is 21.8 Å². The largest absolute Gasteiger partial charge is 0.355 e. The molecule has 4 rings (SSSR count). The number of thiazole rings is 1. The molecule has 0 atom stereocenters. The zero-order chi connectivity index (χ0) is 16.4. The van der Waals surface area contributed by atoms with Gasteiger partial charge in [-0.25, -0.2) is 4.98 Å². The first-order valence-electron chi connectivity index (χ1n) is 8.49. The first-order chi connectivity index (χ1) is 11.8. The Morgan fingerprint density at radius 1 is 1.25 bits per heavy atom. The Morgan fingerprint density at radius 2 is 2.04 bits per heavy atom. The minimum Gasteiger partial charge on any atom is -0.355 e. The number of hydrogen-bond donors (Lipinski definition) is 1. The van der Waals surface area contributed by atoms with Gasteiger partial charge in [0.1, 0.15) is 0 Å². The van der Waals surface area contributed by atoms with Crippen molar-refractivity contribution in [1.82, 2.24) is 14.7 Å². The molecular weight excluding hydrogens is 318 g/mol. The van der Waals surface area contributed by atoms with Crippen molar-refractivity contribution >= 4 is 22.2 Å². The molecule has 0 spiro atoms. The predicted molar refractivity (Wildman–Crippen MR) is 96.4 cm³/mol. The van der Waals surface area contributed by atoms with E-state index in [-0.39, 0.29) is 11.3 Å². The van der Waals surface area contributed by atoms with Crippen LogP contribution >= 0.6 is 11.3 Å². The minimum absolute atomic E-state index is 0.0583. The van der Waals surface area contributed by atoms with Gasteiger partial charge in [-0.1, -0.05) is 43.2 Å². The van der Waals surface area contributed by atoms with Gasteiger partial charge in [-0.05, 0) is 18.4 Å². The van der Waals surface area contributed by atoms with Crippen LogP contribution in [-0.2, 0) is 16.6 Å². The summed E-state index contributed by atoms with van der Waals surface area (Å²) >= 11 is 1.59. The van der Waals surface area contributed by atoms with Crippen LogP contribution in [0.25, 0.3) is 4.96 Å². The third-order valence-corrected chi connectivity index (χ3v) is 5.83. The molecule has 124 valence electrons. The zero-order valence-electron chi connectivity index (χ0n) is 13.6. The molecule has 3 aromatic rings. The van der Waals surface area contributed by atoms with E-state index in [4.69, 9.17) is 0 Å². The molecule has 4 nitrogen and oxygen atoms in total. The second-order valence-corrected chi connectivity index (χ2v) is 7.51. The van der Waals surface area contributed by atoms with Crippen molar-refractivity contribution < 1.29 is 4.79 Å². The number of benzene rings is 1. The number of carbonyl (C=O) groups excluding carboxylic acids is 1. The number of hydrogen-bond acceptors (Lipinski definition) is 3. The summed E-state index contributed by atoms with van der Waals surface area (Å²) in [6, 6.07) is 10.6. The predicted octanol–water partition coefficient (Wildman–Crippen LogP) is 3.57. The first kappa shape index (κ1) is 15.4. The van der Waals surface area contributed by atoms with E-state index in [9.17, 15) is 4.79 Å². The SMILES string of the molecule is O=C(Cc1cn2ccsc2n1)NCC1(c2ccccc2)CCCC1. The Hall–Kier alpha value is -2.14. The van der Waals surface area contributed by atoms with Crippen molar-refractivity contribution in [3.8, 4) is 0 Å². The van der Waals surface area contributed by atoms with Crippen LogP contribution in [0.1, 0.15) is 36.9 Å². The molecule has 1 saturated carbocycles. The molecule has 1 aliphatic rings. The lowest BCUT2D eigenvalue weighted by atomic mass is 9.79. The van der Waals surface area contributed by atoms with Gasteiger partial charge >= 0.3 is 0 Å². The molecule has 0 aliphatic heterocycles. The van der Waals surface area contributed by atoms with Gasteiger partial charge in [0.15, 0.2) is 4.96 Å². The van der Waals surface area contributed by atoms with Crippen molar-refractivity contribution in [2.24, 2.45) is 0 Å². The maximum atomic E-state index is 12.4. The lowest BCUT2D eigenvalue weighted by Crippen LogP contribution is -2.39. The Kier molecular flexibility index (Phi) is 4.10. The van der Waals surface area contributed by atoms with Crippen LogP contribution in [0, 0.1) is 0 Å². The van der Waals surface area contributed by atoms with Crippen LogP contribution in [0.4, 0.5) is 0 Å². The number of carbonyl (C=O) groups is 1. The molecule has 1 N–H and O–H groups in total. The van der Waals surface area contributed by atoms with Gasteiger partial charge in [0.05, 0.1) is 12.1 Å². The van der Waals surface area contributed by atoms with E-state index in [0.717, 1.165) is 30.0 Å². The average molecular weight is 339 g/mol. The monoisotopic (exact) mass is 339 g/mol. The smallest absolute Gasteiger partial charge is 0.226 e.